The first kappa shape index (κ1) is 15.4. The van der Waals surface area contributed by atoms with Gasteiger partial charge in [-0.05, 0) is 64.4 Å². The van der Waals surface area contributed by atoms with Gasteiger partial charge in [0.2, 0.25) is 0 Å². The highest BCUT2D eigenvalue weighted by Gasteiger charge is 2.12. The van der Waals surface area contributed by atoms with Crippen LogP contribution in [0.5, 0.6) is 11.5 Å². The zero-order valence-electron chi connectivity index (χ0n) is 13.4. The Labute approximate surface area is 126 Å². The maximum absolute atomic E-state index is 5.94. The molecule has 112 valence electrons. The second-order valence-electron chi connectivity index (χ2n) is 5.71. The molecule has 0 unspecified atom stereocenters. The molecule has 0 saturated heterocycles. The Kier molecular flexibility index (Phi) is 4.84. The molecule has 0 aliphatic carbocycles. The summed E-state index contributed by atoms with van der Waals surface area (Å²) in [5.74, 6) is 1.62. The van der Waals surface area contributed by atoms with Crippen LogP contribution in [-0.2, 0) is 0 Å². The molecule has 0 saturated carbocycles. The first-order valence-electron chi connectivity index (χ1n) is 7.36. The summed E-state index contributed by atoms with van der Waals surface area (Å²) < 4.78 is 11.7. The van der Waals surface area contributed by atoms with Crippen molar-refractivity contribution < 1.29 is 9.47 Å². The number of aryl methyl sites for hydroxylation is 1. The Balaban J connectivity index is 2.44. The lowest BCUT2D eigenvalue weighted by atomic mass is 10.1. The highest BCUT2D eigenvalue weighted by atomic mass is 16.5. The van der Waals surface area contributed by atoms with Gasteiger partial charge in [0, 0.05) is 17.8 Å². The number of hydrogen-bond acceptors (Lipinski definition) is 3. The lowest BCUT2D eigenvalue weighted by Crippen LogP contribution is -2.09. The summed E-state index contributed by atoms with van der Waals surface area (Å²) in [7, 11) is 0. The first-order chi connectivity index (χ1) is 9.95. The van der Waals surface area contributed by atoms with Crippen LogP contribution in [0, 0.1) is 6.92 Å². The standard InChI is InChI=1S/C18H23NO2/c1-12(2)20-15-6-7-16(18(11-15)21-13(3)4)17-10-14(5)8-9-19-17/h6-13H,1-5H3. The molecule has 21 heavy (non-hydrogen) atoms. The fraction of sp³-hybridized carbons (Fsp3) is 0.389. The molecule has 2 aromatic rings. The van der Waals surface area contributed by atoms with Crippen LogP contribution in [0.3, 0.4) is 0 Å². The zero-order valence-corrected chi connectivity index (χ0v) is 13.4. The van der Waals surface area contributed by atoms with Gasteiger partial charge in [0.25, 0.3) is 0 Å². The van der Waals surface area contributed by atoms with E-state index in [4.69, 9.17) is 9.47 Å². The van der Waals surface area contributed by atoms with Gasteiger partial charge in [-0.15, -0.1) is 0 Å². The molecule has 2 rings (SSSR count). The molecule has 0 bridgehead atoms. The maximum atomic E-state index is 5.94. The van der Waals surface area contributed by atoms with Gasteiger partial charge in [0.1, 0.15) is 11.5 Å². The van der Waals surface area contributed by atoms with E-state index in [1.54, 1.807) is 0 Å². The van der Waals surface area contributed by atoms with Crippen molar-refractivity contribution >= 4 is 0 Å². The Morgan fingerprint density at radius 1 is 0.905 bits per heavy atom. The summed E-state index contributed by atoms with van der Waals surface area (Å²) in [6, 6.07) is 9.97. The minimum absolute atomic E-state index is 0.0999. The van der Waals surface area contributed by atoms with Gasteiger partial charge >= 0.3 is 0 Å². The maximum Gasteiger partial charge on any atom is 0.132 e. The number of aromatic nitrogens is 1. The summed E-state index contributed by atoms with van der Waals surface area (Å²) in [5, 5.41) is 0. The van der Waals surface area contributed by atoms with E-state index in [1.165, 1.54) is 5.56 Å². The molecule has 3 heteroatoms. The molecule has 3 nitrogen and oxygen atoms in total. The Morgan fingerprint density at radius 2 is 1.62 bits per heavy atom. The van der Waals surface area contributed by atoms with Crippen LogP contribution in [-0.4, -0.2) is 17.2 Å². The van der Waals surface area contributed by atoms with E-state index < -0.39 is 0 Å². The second-order valence-corrected chi connectivity index (χ2v) is 5.71. The van der Waals surface area contributed by atoms with E-state index in [0.29, 0.717) is 0 Å². The molecule has 0 radical (unpaired) electrons. The van der Waals surface area contributed by atoms with E-state index in [2.05, 4.69) is 18.0 Å². The predicted molar refractivity (Wildman–Crippen MR) is 85.9 cm³/mol. The Hall–Kier alpha value is -2.03. The monoisotopic (exact) mass is 285 g/mol. The average molecular weight is 285 g/mol. The summed E-state index contributed by atoms with van der Waals surface area (Å²) in [6.07, 6.45) is 2.06. The minimum atomic E-state index is 0.0999. The van der Waals surface area contributed by atoms with Crippen molar-refractivity contribution in [2.45, 2.75) is 46.8 Å². The Bertz CT molecular complexity index is 606. The smallest absolute Gasteiger partial charge is 0.132 e. The van der Waals surface area contributed by atoms with Gasteiger partial charge in [-0.2, -0.15) is 0 Å². The van der Waals surface area contributed by atoms with Crippen molar-refractivity contribution in [3.63, 3.8) is 0 Å². The lowest BCUT2D eigenvalue weighted by molar-refractivity contribution is 0.230. The number of rotatable bonds is 5. The third-order valence-electron chi connectivity index (χ3n) is 2.88. The zero-order chi connectivity index (χ0) is 15.4. The molecule has 0 aliphatic heterocycles. The molecule has 1 aromatic heterocycles. The second kappa shape index (κ2) is 6.61. The van der Waals surface area contributed by atoms with Crippen LogP contribution in [0.1, 0.15) is 33.3 Å². The predicted octanol–water partition coefficient (Wildman–Crippen LogP) is 4.63. The number of hydrogen-bond donors (Lipinski definition) is 0. The number of pyridine rings is 1. The van der Waals surface area contributed by atoms with E-state index in [9.17, 15) is 0 Å². The van der Waals surface area contributed by atoms with Gasteiger partial charge in [-0.3, -0.25) is 4.98 Å². The van der Waals surface area contributed by atoms with Crippen molar-refractivity contribution in [2.75, 3.05) is 0 Å². The third kappa shape index (κ3) is 4.22. The van der Waals surface area contributed by atoms with Crippen LogP contribution in [0.4, 0.5) is 0 Å². The van der Waals surface area contributed by atoms with Crippen LogP contribution in [0.2, 0.25) is 0 Å². The van der Waals surface area contributed by atoms with E-state index >= 15 is 0 Å². The third-order valence-corrected chi connectivity index (χ3v) is 2.88. The first-order valence-corrected chi connectivity index (χ1v) is 7.36. The van der Waals surface area contributed by atoms with Gasteiger partial charge in [0.15, 0.2) is 0 Å². The molecule has 1 heterocycles. The molecule has 0 amide bonds. The summed E-state index contributed by atoms with van der Waals surface area (Å²) >= 11 is 0. The molecule has 0 aliphatic rings. The summed E-state index contributed by atoms with van der Waals surface area (Å²) in [4.78, 5) is 4.45. The van der Waals surface area contributed by atoms with Crippen molar-refractivity contribution in [3.8, 4) is 22.8 Å². The molecular weight excluding hydrogens is 262 g/mol. The fourth-order valence-corrected chi connectivity index (χ4v) is 2.09. The SMILES string of the molecule is Cc1ccnc(-c2ccc(OC(C)C)cc2OC(C)C)c1. The van der Waals surface area contributed by atoms with E-state index in [0.717, 1.165) is 22.8 Å². The van der Waals surface area contributed by atoms with Crippen molar-refractivity contribution in [2.24, 2.45) is 0 Å². The molecule has 0 N–H and O–H groups in total. The summed E-state index contributed by atoms with van der Waals surface area (Å²) in [6.45, 7) is 10.1. The molecular formula is C18H23NO2. The van der Waals surface area contributed by atoms with Gasteiger partial charge in [-0.1, -0.05) is 0 Å². The topological polar surface area (TPSA) is 31.4 Å². The highest BCUT2D eigenvalue weighted by molar-refractivity contribution is 5.69. The lowest BCUT2D eigenvalue weighted by Gasteiger charge is -2.17. The number of ether oxygens (including phenoxy) is 2. The quantitative estimate of drug-likeness (QED) is 0.802. The van der Waals surface area contributed by atoms with E-state index in [1.807, 2.05) is 58.2 Å². The van der Waals surface area contributed by atoms with Gasteiger partial charge in [0.05, 0.1) is 17.9 Å². The van der Waals surface area contributed by atoms with Crippen LogP contribution < -0.4 is 9.47 Å². The van der Waals surface area contributed by atoms with Crippen LogP contribution in [0.15, 0.2) is 36.5 Å². The van der Waals surface area contributed by atoms with E-state index in [-0.39, 0.29) is 12.2 Å². The summed E-state index contributed by atoms with van der Waals surface area (Å²) in [5.41, 5.74) is 3.09. The minimum Gasteiger partial charge on any atom is -0.491 e. The van der Waals surface area contributed by atoms with Crippen molar-refractivity contribution in [1.82, 2.24) is 4.98 Å². The fourth-order valence-electron chi connectivity index (χ4n) is 2.09. The normalized spacial score (nSPS) is 11.0. The van der Waals surface area contributed by atoms with Crippen molar-refractivity contribution in [1.29, 1.82) is 0 Å². The van der Waals surface area contributed by atoms with Gasteiger partial charge in [-0.25, -0.2) is 0 Å². The number of benzene rings is 1. The number of nitrogens with zero attached hydrogens (tertiary/aromatic N) is 1. The van der Waals surface area contributed by atoms with Crippen LogP contribution in [0.25, 0.3) is 11.3 Å². The largest absolute Gasteiger partial charge is 0.491 e. The molecule has 0 spiro atoms. The average Bonchev–Trinajstić information content (AvgIpc) is 2.37. The Morgan fingerprint density at radius 3 is 2.24 bits per heavy atom. The van der Waals surface area contributed by atoms with Crippen LogP contribution >= 0.6 is 0 Å². The van der Waals surface area contributed by atoms with Gasteiger partial charge < -0.3 is 9.47 Å². The van der Waals surface area contributed by atoms with Crippen molar-refractivity contribution in [3.05, 3.63) is 42.1 Å². The molecule has 1 aromatic carbocycles. The highest BCUT2D eigenvalue weighted by Crippen LogP contribution is 2.33. The molecule has 0 atom stereocenters. The molecule has 0 fully saturated rings.